The molecule has 0 saturated carbocycles. The van der Waals surface area contributed by atoms with Crippen LogP contribution in [0.2, 0.25) is 5.02 Å². The lowest BCUT2D eigenvalue weighted by atomic mass is 10.2. The molecule has 2 aromatic rings. The van der Waals surface area contributed by atoms with E-state index in [9.17, 15) is 0 Å². The van der Waals surface area contributed by atoms with Gasteiger partial charge >= 0.3 is 0 Å². The maximum Gasteiger partial charge on any atom is 0.112 e. The van der Waals surface area contributed by atoms with Crippen LogP contribution in [-0.2, 0) is 7.05 Å². The number of hydrogen-bond donors (Lipinski definition) is 0. The summed E-state index contributed by atoms with van der Waals surface area (Å²) in [5, 5.41) is 0.760. The molecule has 0 saturated heterocycles. The third kappa shape index (κ3) is 1.40. The SMILES string of the molecule is CC(C)c1nc2ccc(Cl)cc2n1C. The fourth-order valence-electron chi connectivity index (χ4n) is 1.70. The van der Waals surface area contributed by atoms with Crippen LogP contribution < -0.4 is 0 Å². The van der Waals surface area contributed by atoms with Gasteiger partial charge in [0.1, 0.15) is 5.82 Å². The van der Waals surface area contributed by atoms with Gasteiger partial charge < -0.3 is 4.57 Å². The van der Waals surface area contributed by atoms with Gasteiger partial charge in [0.15, 0.2) is 0 Å². The molecule has 0 aliphatic heterocycles. The number of fused-ring (bicyclic) bond motifs is 1. The third-order valence-corrected chi connectivity index (χ3v) is 2.63. The van der Waals surface area contributed by atoms with Crippen LogP contribution in [-0.4, -0.2) is 9.55 Å². The van der Waals surface area contributed by atoms with E-state index in [4.69, 9.17) is 11.6 Å². The molecule has 0 bridgehead atoms. The van der Waals surface area contributed by atoms with E-state index in [2.05, 4.69) is 23.4 Å². The minimum absolute atomic E-state index is 0.436. The van der Waals surface area contributed by atoms with Crippen LogP contribution in [0.5, 0.6) is 0 Å². The summed E-state index contributed by atoms with van der Waals surface area (Å²) in [6, 6.07) is 5.79. The number of imidazole rings is 1. The second-order valence-corrected chi connectivity index (χ2v) is 4.25. The largest absolute Gasteiger partial charge is 0.331 e. The minimum atomic E-state index is 0.436. The topological polar surface area (TPSA) is 17.8 Å². The predicted molar refractivity (Wildman–Crippen MR) is 59.8 cm³/mol. The number of benzene rings is 1. The van der Waals surface area contributed by atoms with Crippen molar-refractivity contribution < 1.29 is 0 Å². The van der Waals surface area contributed by atoms with Gasteiger partial charge in [-0.3, -0.25) is 0 Å². The van der Waals surface area contributed by atoms with Crippen LogP contribution >= 0.6 is 11.6 Å². The van der Waals surface area contributed by atoms with Crippen LogP contribution in [0.15, 0.2) is 18.2 Å². The van der Waals surface area contributed by atoms with Gasteiger partial charge in [-0.05, 0) is 18.2 Å². The number of aromatic nitrogens is 2. The molecular weight excluding hydrogens is 196 g/mol. The highest BCUT2D eigenvalue weighted by Gasteiger charge is 2.10. The quantitative estimate of drug-likeness (QED) is 0.703. The molecule has 0 N–H and O–H groups in total. The molecule has 2 nitrogen and oxygen atoms in total. The number of hydrogen-bond acceptors (Lipinski definition) is 1. The van der Waals surface area contributed by atoms with Gasteiger partial charge in [0.2, 0.25) is 0 Å². The van der Waals surface area contributed by atoms with Crippen LogP contribution in [0.4, 0.5) is 0 Å². The van der Waals surface area contributed by atoms with Gasteiger partial charge in [-0.1, -0.05) is 25.4 Å². The molecule has 0 aliphatic carbocycles. The van der Waals surface area contributed by atoms with Crippen molar-refractivity contribution in [2.24, 2.45) is 7.05 Å². The highest BCUT2D eigenvalue weighted by Crippen LogP contribution is 2.23. The Bertz CT molecular complexity index is 471. The summed E-state index contributed by atoms with van der Waals surface area (Å²) >= 11 is 5.94. The van der Waals surface area contributed by atoms with E-state index in [0.29, 0.717) is 5.92 Å². The maximum atomic E-state index is 5.94. The fraction of sp³-hybridized carbons (Fsp3) is 0.364. The standard InChI is InChI=1S/C11H13ClN2/c1-7(2)11-13-9-5-4-8(12)6-10(9)14(11)3/h4-7H,1-3H3. The molecule has 0 aliphatic rings. The molecule has 14 heavy (non-hydrogen) atoms. The molecule has 3 heteroatoms. The minimum Gasteiger partial charge on any atom is -0.331 e. The molecule has 0 fully saturated rings. The van der Waals surface area contributed by atoms with Gasteiger partial charge in [0, 0.05) is 18.0 Å². The first-order valence-electron chi connectivity index (χ1n) is 4.71. The van der Waals surface area contributed by atoms with Gasteiger partial charge in [0.25, 0.3) is 0 Å². The van der Waals surface area contributed by atoms with E-state index >= 15 is 0 Å². The Kier molecular flexibility index (Phi) is 2.23. The van der Waals surface area contributed by atoms with Crippen molar-refractivity contribution in [3.63, 3.8) is 0 Å². The second-order valence-electron chi connectivity index (χ2n) is 3.82. The predicted octanol–water partition coefficient (Wildman–Crippen LogP) is 3.35. The van der Waals surface area contributed by atoms with E-state index in [1.54, 1.807) is 0 Å². The van der Waals surface area contributed by atoms with Crippen LogP contribution in [0.1, 0.15) is 25.6 Å². The van der Waals surface area contributed by atoms with E-state index in [-0.39, 0.29) is 0 Å². The third-order valence-electron chi connectivity index (χ3n) is 2.39. The lowest BCUT2D eigenvalue weighted by Crippen LogP contribution is -1.99. The zero-order chi connectivity index (χ0) is 10.3. The highest BCUT2D eigenvalue weighted by atomic mass is 35.5. The first kappa shape index (κ1) is 9.53. The molecular formula is C11H13ClN2. The molecule has 0 amide bonds. The first-order valence-corrected chi connectivity index (χ1v) is 5.09. The maximum absolute atomic E-state index is 5.94. The summed E-state index contributed by atoms with van der Waals surface area (Å²) in [6.45, 7) is 4.28. The molecule has 0 atom stereocenters. The van der Waals surface area contributed by atoms with Crippen LogP contribution in [0.3, 0.4) is 0 Å². The average Bonchev–Trinajstić information content (AvgIpc) is 2.44. The molecule has 1 aromatic heterocycles. The molecule has 2 rings (SSSR count). The first-order chi connectivity index (χ1) is 6.59. The summed E-state index contributed by atoms with van der Waals surface area (Å²) in [7, 11) is 2.03. The van der Waals surface area contributed by atoms with Gasteiger partial charge in [-0.15, -0.1) is 0 Å². The highest BCUT2D eigenvalue weighted by molar-refractivity contribution is 6.31. The number of aryl methyl sites for hydroxylation is 1. The molecule has 0 unspecified atom stereocenters. The Balaban J connectivity index is 2.74. The fourth-order valence-corrected chi connectivity index (χ4v) is 1.86. The Hall–Kier alpha value is -1.02. The van der Waals surface area contributed by atoms with E-state index < -0.39 is 0 Å². The molecule has 1 heterocycles. The van der Waals surface area contributed by atoms with Gasteiger partial charge in [0.05, 0.1) is 11.0 Å². The summed E-state index contributed by atoms with van der Waals surface area (Å²) in [5.74, 6) is 1.54. The van der Waals surface area contributed by atoms with Gasteiger partial charge in [-0.25, -0.2) is 4.98 Å². The van der Waals surface area contributed by atoms with E-state index in [1.165, 1.54) is 0 Å². The smallest absolute Gasteiger partial charge is 0.112 e. The Morgan fingerprint density at radius 1 is 1.36 bits per heavy atom. The van der Waals surface area contributed by atoms with Crippen molar-refractivity contribution >= 4 is 22.6 Å². The van der Waals surface area contributed by atoms with Crippen molar-refractivity contribution in [3.8, 4) is 0 Å². The summed E-state index contributed by atoms with van der Waals surface area (Å²) in [5.41, 5.74) is 2.11. The summed E-state index contributed by atoms with van der Waals surface area (Å²) < 4.78 is 2.10. The van der Waals surface area contributed by atoms with Gasteiger partial charge in [-0.2, -0.15) is 0 Å². The van der Waals surface area contributed by atoms with Crippen molar-refractivity contribution in [1.29, 1.82) is 0 Å². The second kappa shape index (κ2) is 3.28. The Morgan fingerprint density at radius 2 is 2.07 bits per heavy atom. The molecule has 0 radical (unpaired) electrons. The molecule has 1 aromatic carbocycles. The number of halogens is 1. The zero-order valence-electron chi connectivity index (χ0n) is 8.58. The van der Waals surface area contributed by atoms with Crippen molar-refractivity contribution in [3.05, 3.63) is 29.0 Å². The lowest BCUT2D eigenvalue weighted by molar-refractivity contribution is 0.722. The van der Waals surface area contributed by atoms with Crippen LogP contribution in [0.25, 0.3) is 11.0 Å². The molecule has 74 valence electrons. The lowest BCUT2D eigenvalue weighted by Gasteiger charge is -2.04. The van der Waals surface area contributed by atoms with Crippen molar-refractivity contribution in [1.82, 2.24) is 9.55 Å². The Morgan fingerprint density at radius 3 is 2.71 bits per heavy atom. The van der Waals surface area contributed by atoms with E-state index in [1.807, 2.05) is 25.2 Å². The summed E-state index contributed by atoms with van der Waals surface area (Å²) in [6.07, 6.45) is 0. The number of rotatable bonds is 1. The monoisotopic (exact) mass is 208 g/mol. The summed E-state index contributed by atoms with van der Waals surface area (Å²) in [4.78, 5) is 4.56. The zero-order valence-corrected chi connectivity index (χ0v) is 9.34. The average molecular weight is 209 g/mol. The van der Waals surface area contributed by atoms with Crippen molar-refractivity contribution in [2.45, 2.75) is 19.8 Å². The van der Waals surface area contributed by atoms with Crippen LogP contribution in [0, 0.1) is 0 Å². The number of nitrogens with zero attached hydrogens (tertiary/aromatic N) is 2. The Labute approximate surface area is 88.5 Å². The van der Waals surface area contributed by atoms with Crippen molar-refractivity contribution in [2.75, 3.05) is 0 Å². The normalized spacial score (nSPS) is 11.5. The molecule has 0 spiro atoms. The van der Waals surface area contributed by atoms with E-state index in [0.717, 1.165) is 21.9 Å².